The average Bonchev–Trinajstić information content (AvgIpc) is 3.19. The van der Waals surface area contributed by atoms with Crippen LogP contribution in [0.3, 0.4) is 0 Å². The predicted molar refractivity (Wildman–Crippen MR) is 135 cm³/mol. The predicted octanol–water partition coefficient (Wildman–Crippen LogP) is 6.60. The molecule has 0 saturated carbocycles. The first kappa shape index (κ1) is 22.6. The summed E-state index contributed by atoms with van der Waals surface area (Å²) in [6.45, 7) is 11.0. The summed E-state index contributed by atoms with van der Waals surface area (Å²) < 4.78 is 7.69. The summed E-state index contributed by atoms with van der Waals surface area (Å²) in [7, 11) is 0. The number of ether oxygens (including phenoxy) is 1. The number of aromatic nitrogens is 2. The van der Waals surface area contributed by atoms with Crippen molar-refractivity contribution in [2.45, 2.75) is 46.1 Å². The quantitative estimate of drug-likeness (QED) is 0.367. The van der Waals surface area contributed by atoms with Gasteiger partial charge in [-0.2, -0.15) is 0 Å². The Balaban J connectivity index is 1.73. The number of hydrogen-bond acceptors (Lipinski definition) is 3. The van der Waals surface area contributed by atoms with Crippen LogP contribution in [-0.2, 0) is 10.2 Å². The average molecular weight is 442 g/mol. The first-order valence-electron chi connectivity index (χ1n) is 11.4. The van der Waals surface area contributed by atoms with Gasteiger partial charge in [-0.1, -0.05) is 69.3 Å². The van der Waals surface area contributed by atoms with Crippen molar-refractivity contribution in [1.82, 2.24) is 9.55 Å². The van der Waals surface area contributed by atoms with E-state index in [-0.39, 0.29) is 11.3 Å². The fraction of sp³-hybridized carbons (Fsp3) is 0.286. The number of carbonyl (C=O) groups excluding carboxylic acids is 1. The number of rotatable bonds is 6. The first-order chi connectivity index (χ1) is 15.8. The Morgan fingerprint density at radius 3 is 2.36 bits per heavy atom. The zero-order valence-corrected chi connectivity index (χ0v) is 19.9. The number of benzene rings is 3. The van der Waals surface area contributed by atoms with Gasteiger partial charge >= 0.3 is 0 Å². The maximum absolute atomic E-state index is 13.4. The van der Waals surface area contributed by atoms with Crippen LogP contribution in [-0.4, -0.2) is 22.1 Å². The summed E-state index contributed by atoms with van der Waals surface area (Å²) in [5.74, 6) is 1.31. The number of fused-ring (bicyclic) bond motifs is 1. The zero-order valence-electron chi connectivity index (χ0n) is 19.9. The molecule has 5 heteroatoms. The Kier molecular flexibility index (Phi) is 6.23. The van der Waals surface area contributed by atoms with Gasteiger partial charge in [0.15, 0.2) is 0 Å². The monoisotopic (exact) mass is 441 g/mol. The molecule has 1 heterocycles. The Bertz CT molecular complexity index is 1270. The van der Waals surface area contributed by atoms with Gasteiger partial charge in [0.25, 0.3) is 0 Å². The normalized spacial score (nSPS) is 12.5. The molecule has 0 radical (unpaired) electrons. The second-order valence-electron chi connectivity index (χ2n) is 9.22. The molecular formula is C28H31N3O2. The van der Waals surface area contributed by atoms with Gasteiger partial charge in [0, 0.05) is 5.56 Å². The van der Waals surface area contributed by atoms with E-state index >= 15 is 0 Å². The summed E-state index contributed by atoms with van der Waals surface area (Å²) in [5, 5.41) is 3.04. The molecule has 0 aliphatic heterocycles. The number of nitrogens with one attached hydrogen (secondary N) is 1. The van der Waals surface area contributed by atoms with Crippen LogP contribution in [0.2, 0.25) is 0 Å². The smallest absolute Gasteiger partial charge is 0.247 e. The van der Waals surface area contributed by atoms with Crippen molar-refractivity contribution < 1.29 is 9.53 Å². The molecule has 5 nitrogen and oxygen atoms in total. The maximum Gasteiger partial charge on any atom is 0.247 e. The minimum Gasteiger partial charge on any atom is -0.492 e. The van der Waals surface area contributed by atoms with E-state index in [9.17, 15) is 4.79 Å². The summed E-state index contributed by atoms with van der Waals surface area (Å²) in [4.78, 5) is 18.3. The highest BCUT2D eigenvalue weighted by molar-refractivity contribution is 5.96. The summed E-state index contributed by atoms with van der Waals surface area (Å²) in [6.07, 6.45) is 0. The molecule has 4 aromatic rings. The van der Waals surface area contributed by atoms with Crippen molar-refractivity contribution in [3.05, 3.63) is 78.4 Å². The van der Waals surface area contributed by atoms with Gasteiger partial charge in [-0.05, 0) is 49.1 Å². The molecule has 1 unspecified atom stereocenters. The number of anilines is 1. The van der Waals surface area contributed by atoms with Gasteiger partial charge in [0.2, 0.25) is 5.91 Å². The van der Waals surface area contributed by atoms with Gasteiger partial charge in [0.05, 0.1) is 23.3 Å². The Hall–Kier alpha value is -3.60. The van der Waals surface area contributed by atoms with Crippen LogP contribution in [0.5, 0.6) is 5.75 Å². The summed E-state index contributed by atoms with van der Waals surface area (Å²) >= 11 is 0. The number of hydrogen-bond donors (Lipinski definition) is 1. The molecule has 0 aliphatic carbocycles. The lowest BCUT2D eigenvalue weighted by atomic mass is 9.86. The molecule has 0 saturated heterocycles. The van der Waals surface area contributed by atoms with Gasteiger partial charge < -0.3 is 14.6 Å². The van der Waals surface area contributed by atoms with Crippen molar-refractivity contribution in [3.63, 3.8) is 0 Å². The van der Waals surface area contributed by atoms with Crippen LogP contribution in [0.15, 0.2) is 72.8 Å². The molecule has 1 atom stereocenters. The number of carbonyl (C=O) groups is 1. The molecular weight excluding hydrogens is 410 g/mol. The third-order valence-corrected chi connectivity index (χ3v) is 5.82. The van der Waals surface area contributed by atoms with Crippen molar-refractivity contribution in [2.75, 3.05) is 11.9 Å². The summed E-state index contributed by atoms with van der Waals surface area (Å²) in [5.41, 5.74) is 4.76. The van der Waals surface area contributed by atoms with E-state index in [1.54, 1.807) is 0 Å². The van der Waals surface area contributed by atoms with Crippen LogP contribution < -0.4 is 10.1 Å². The van der Waals surface area contributed by atoms with E-state index in [0.717, 1.165) is 22.4 Å². The molecule has 3 aromatic carbocycles. The number of imidazole rings is 1. The van der Waals surface area contributed by atoms with E-state index in [1.165, 1.54) is 5.56 Å². The van der Waals surface area contributed by atoms with Gasteiger partial charge in [-0.15, -0.1) is 0 Å². The minimum absolute atomic E-state index is 0.0692. The molecule has 0 aliphatic rings. The largest absolute Gasteiger partial charge is 0.492 e. The fourth-order valence-electron chi connectivity index (χ4n) is 3.97. The van der Waals surface area contributed by atoms with Crippen molar-refractivity contribution in [3.8, 4) is 17.1 Å². The second kappa shape index (κ2) is 9.10. The van der Waals surface area contributed by atoms with Gasteiger partial charge in [-0.3, -0.25) is 4.79 Å². The van der Waals surface area contributed by atoms with Crippen LogP contribution in [0.4, 0.5) is 5.69 Å². The van der Waals surface area contributed by atoms with Crippen molar-refractivity contribution >= 4 is 22.6 Å². The van der Waals surface area contributed by atoms with Gasteiger partial charge in [-0.25, -0.2) is 4.98 Å². The molecule has 4 rings (SSSR count). The number of para-hydroxylation sites is 4. The molecule has 0 bridgehead atoms. The molecule has 1 aromatic heterocycles. The Morgan fingerprint density at radius 1 is 1.00 bits per heavy atom. The second-order valence-corrected chi connectivity index (χ2v) is 9.22. The zero-order chi connectivity index (χ0) is 23.6. The van der Waals surface area contributed by atoms with E-state index in [2.05, 4.69) is 50.4 Å². The maximum atomic E-state index is 13.4. The summed E-state index contributed by atoms with van der Waals surface area (Å²) in [6, 6.07) is 23.4. The molecule has 0 spiro atoms. The third kappa shape index (κ3) is 4.63. The number of nitrogens with zero attached hydrogens (tertiary/aromatic N) is 2. The van der Waals surface area contributed by atoms with Crippen molar-refractivity contribution in [2.24, 2.45) is 0 Å². The van der Waals surface area contributed by atoms with E-state index < -0.39 is 6.04 Å². The molecule has 0 fully saturated rings. The molecule has 1 amide bonds. The minimum atomic E-state index is -0.482. The highest BCUT2D eigenvalue weighted by atomic mass is 16.5. The van der Waals surface area contributed by atoms with Crippen LogP contribution in [0.1, 0.15) is 46.2 Å². The van der Waals surface area contributed by atoms with Gasteiger partial charge in [0.1, 0.15) is 17.6 Å². The highest BCUT2D eigenvalue weighted by Crippen LogP contribution is 2.32. The van der Waals surface area contributed by atoms with E-state index in [4.69, 9.17) is 9.72 Å². The first-order valence-corrected chi connectivity index (χ1v) is 11.4. The SMILES string of the molecule is CCOc1ccccc1NC(=O)C(C)n1c(-c2ccc(C(C)(C)C)cc2)nc2ccccc21. The topological polar surface area (TPSA) is 56.1 Å². The number of amides is 1. The Labute approximate surface area is 195 Å². The lowest BCUT2D eigenvalue weighted by Crippen LogP contribution is -2.24. The van der Waals surface area contributed by atoms with Crippen molar-refractivity contribution in [1.29, 1.82) is 0 Å². The standard InChI is InChI=1S/C28H31N3O2/c1-6-33-25-14-10-8-12-23(25)30-27(32)19(2)31-24-13-9-7-11-22(24)29-26(31)20-15-17-21(18-16-20)28(3,4)5/h7-19H,6H2,1-5H3,(H,30,32). The molecule has 1 N–H and O–H groups in total. The molecule has 33 heavy (non-hydrogen) atoms. The molecule has 170 valence electrons. The lowest BCUT2D eigenvalue weighted by Gasteiger charge is -2.20. The highest BCUT2D eigenvalue weighted by Gasteiger charge is 2.24. The fourth-order valence-corrected chi connectivity index (χ4v) is 3.97. The van der Waals surface area contributed by atoms with Crippen LogP contribution in [0.25, 0.3) is 22.4 Å². The van der Waals surface area contributed by atoms with Crippen LogP contribution in [0, 0.1) is 0 Å². The Morgan fingerprint density at radius 2 is 1.67 bits per heavy atom. The third-order valence-electron chi connectivity index (χ3n) is 5.82. The van der Waals surface area contributed by atoms with E-state index in [1.807, 2.05) is 66.9 Å². The van der Waals surface area contributed by atoms with Crippen LogP contribution >= 0.6 is 0 Å². The van der Waals surface area contributed by atoms with E-state index in [0.29, 0.717) is 18.0 Å². The lowest BCUT2D eigenvalue weighted by molar-refractivity contribution is -0.118.